The van der Waals surface area contributed by atoms with Gasteiger partial charge < -0.3 is 34.9 Å². The summed E-state index contributed by atoms with van der Waals surface area (Å²) < 4.78 is 17.7. The molecule has 0 aliphatic carbocycles. The third-order valence-electron chi connectivity index (χ3n) is 7.61. The minimum atomic E-state index is -0.487. The second-order valence-electron chi connectivity index (χ2n) is 10.6. The highest BCUT2D eigenvalue weighted by molar-refractivity contribution is 5.95. The molecule has 1 fully saturated rings. The zero-order valence-corrected chi connectivity index (χ0v) is 23.7. The third-order valence-corrected chi connectivity index (χ3v) is 7.61. The maximum Gasteiger partial charge on any atom is 0.258 e. The van der Waals surface area contributed by atoms with E-state index in [9.17, 15) is 19.5 Å². The molecule has 0 unspecified atom stereocenters. The van der Waals surface area contributed by atoms with Gasteiger partial charge in [-0.1, -0.05) is 18.2 Å². The number of phenols is 1. The lowest BCUT2D eigenvalue weighted by molar-refractivity contribution is -0.133. The molecule has 220 valence electrons. The third kappa shape index (κ3) is 6.94. The summed E-state index contributed by atoms with van der Waals surface area (Å²) in [6.45, 7) is 2.65. The van der Waals surface area contributed by atoms with Crippen molar-refractivity contribution in [3.05, 3.63) is 82.9 Å². The van der Waals surface area contributed by atoms with Gasteiger partial charge in [0, 0.05) is 49.7 Å². The first-order chi connectivity index (χ1) is 20.3. The van der Waals surface area contributed by atoms with Crippen molar-refractivity contribution >= 4 is 17.7 Å². The van der Waals surface area contributed by atoms with Crippen LogP contribution in [-0.2, 0) is 22.6 Å². The van der Waals surface area contributed by atoms with Crippen LogP contribution in [0.4, 0.5) is 0 Å². The van der Waals surface area contributed by atoms with Crippen molar-refractivity contribution in [2.45, 2.75) is 44.9 Å². The fourth-order valence-electron chi connectivity index (χ4n) is 5.16. The van der Waals surface area contributed by atoms with Crippen molar-refractivity contribution in [3.8, 4) is 23.0 Å². The molecule has 4 bridgehead atoms. The molecular weight excluding hydrogens is 538 g/mol. The molecule has 0 aromatic heterocycles. The Morgan fingerprint density at radius 1 is 1.10 bits per heavy atom. The minimum absolute atomic E-state index is 0.0200. The molecule has 0 radical (unpaired) electrons. The van der Waals surface area contributed by atoms with Crippen molar-refractivity contribution in [3.63, 3.8) is 0 Å². The van der Waals surface area contributed by atoms with Gasteiger partial charge in [0.15, 0.2) is 6.61 Å². The lowest BCUT2D eigenvalue weighted by Gasteiger charge is -2.39. The van der Waals surface area contributed by atoms with Crippen LogP contribution in [0.25, 0.3) is 0 Å². The van der Waals surface area contributed by atoms with E-state index < -0.39 is 12.1 Å². The molecule has 3 heterocycles. The van der Waals surface area contributed by atoms with E-state index in [2.05, 4.69) is 10.6 Å². The zero-order valence-electron chi connectivity index (χ0n) is 23.7. The van der Waals surface area contributed by atoms with E-state index in [0.717, 1.165) is 16.7 Å². The highest BCUT2D eigenvalue weighted by Gasteiger charge is 2.34. The maximum atomic E-state index is 13.4. The van der Waals surface area contributed by atoms with Crippen molar-refractivity contribution in [1.29, 1.82) is 0 Å². The highest BCUT2D eigenvalue weighted by atomic mass is 16.5. The number of phenolic OH excluding ortho intramolecular Hbond substituents is 1. The van der Waals surface area contributed by atoms with Crippen LogP contribution in [0, 0.1) is 6.92 Å². The van der Waals surface area contributed by atoms with E-state index in [1.807, 2.05) is 13.0 Å². The second-order valence-corrected chi connectivity index (χ2v) is 10.6. The summed E-state index contributed by atoms with van der Waals surface area (Å²) in [7, 11) is 1.55. The number of hydrogen-bond acceptors (Lipinski definition) is 7. The summed E-state index contributed by atoms with van der Waals surface area (Å²) in [6.07, 6.45) is 0.962. The average molecular weight is 574 g/mol. The summed E-state index contributed by atoms with van der Waals surface area (Å²) in [5, 5.41) is 15.4. The highest BCUT2D eigenvalue weighted by Crippen LogP contribution is 2.28. The molecule has 3 amide bonds. The topological polar surface area (TPSA) is 126 Å². The molecule has 1 saturated heterocycles. The number of fused-ring (bicyclic) bond motifs is 7. The number of hydrogen-bond donors (Lipinski definition) is 3. The Morgan fingerprint density at radius 2 is 1.90 bits per heavy atom. The number of likely N-dealkylation sites (tertiary alicyclic amines) is 1. The summed E-state index contributed by atoms with van der Waals surface area (Å²) in [5.41, 5.74) is 2.90. The van der Waals surface area contributed by atoms with Gasteiger partial charge in [0.05, 0.1) is 13.2 Å². The first kappa shape index (κ1) is 28.8. The quantitative estimate of drug-likeness (QED) is 0.438. The van der Waals surface area contributed by atoms with Gasteiger partial charge >= 0.3 is 0 Å². The van der Waals surface area contributed by atoms with Gasteiger partial charge in [-0.15, -0.1) is 0 Å². The van der Waals surface area contributed by atoms with Crippen LogP contribution < -0.4 is 24.8 Å². The molecule has 3 N–H and O–H groups in total. The van der Waals surface area contributed by atoms with Crippen LogP contribution in [0.2, 0.25) is 0 Å². The number of piperidine rings is 1. The number of rotatable bonds is 4. The number of ether oxygens (including phenoxy) is 3. The SMILES string of the molecule is COc1cc2ccc1CNC(=O)COc1cc(ccc1C)C(=O)N[C@H]1CN(C(=O)CCc3ccc(O)cc3)CC[C@H]1O2. The Labute approximate surface area is 244 Å². The molecule has 3 aliphatic rings. The molecule has 0 spiro atoms. The van der Waals surface area contributed by atoms with Gasteiger partial charge in [-0.2, -0.15) is 0 Å². The first-order valence-electron chi connectivity index (χ1n) is 14.0. The number of aromatic hydroxyl groups is 1. The van der Waals surface area contributed by atoms with Crippen molar-refractivity contribution in [2.75, 3.05) is 26.8 Å². The van der Waals surface area contributed by atoms with Gasteiger partial charge in [0.25, 0.3) is 11.8 Å². The number of amides is 3. The summed E-state index contributed by atoms with van der Waals surface area (Å²) in [6, 6.07) is 16.8. The van der Waals surface area contributed by atoms with E-state index in [1.165, 1.54) is 0 Å². The Kier molecular flexibility index (Phi) is 8.80. The lowest BCUT2D eigenvalue weighted by Crippen LogP contribution is -2.58. The predicted molar refractivity (Wildman–Crippen MR) is 155 cm³/mol. The van der Waals surface area contributed by atoms with E-state index in [1.54, 1.807) is 66.6 Å². The van der Waals surface area contributed by atoms with Crippen molar-refractivity contribution in [1.82, 2.24) is 15.5 Å². The number of carbonyl (C=O) groups is 3. The Bertz CT molecular complexity index is 1460. The molecule has 3 aromatic rings. The first-order valence-corrected chi connectivity index (χ1v) is 14.0. The van der Waals surface area contributed by atoms with Crippen LogP contribution in [0.1, 0.15) is 39.9 Å². The Hall–Kier alpha value is -4.73. The predicted octanol–water partition coefficient (Wildman–Crippen LogP) is 3.13. The van der Waals surface area contributed by atoms with Crippen LogP contribution in [0.15, 0.2) is 60.7 Å². The molecule has 42 heavy (non-hydrogen) atoms. The van der Waals surface area contributed by atoms with Gasteiger partial charge in [-0.25, -0.2) is 0 Å². The number of carbonyl (C=O) groups excluding carboxylic acids is 3. The van der Waals surface area contributed by atoms with Crippen molar-refractivity contribution < 1.29 is 33.7 Å². The summed E-state index contributed by atoms with van der Waals surface area (Å²) in [5.74, 6) is 1.07. The fraction of sp³-hybridized carbons (Fsp3) is 0.344. The number of benzene rings is 3. The van der Waals surface area contributed by atoms with E-state index in [4.69, 9.17) is 14.2 Å². The molecule has 3 aliphatic heterocycles. The molecular formula is C32H35N3O7. The number of nitrogens with one attached hydrogen (secondary N) is 2. The molecule has 6 rings (SSSR count). The molecule has 10 heteroatoms. The zero-order chi connectivity index (χ0) is 29.6. The smallest absolute Gasteiger partial charge is 0.258 e. The molecule has 10 nitrogen and oxygen atoms in total. The van der Waals surface area contributed by atoms with Crippen molar-refractivity contribution in [2.24, 2.45) is 0 Å². The summed E-state index contributed by atoms with van der Waals surface area (Å²) in [4.78, 5) is 40.9. The number of methoxy groups -OCH3 is 1. The van der Waals surface area contributed by atoms with Crippen LogP contribution in [0.3, 0.4) is 0 Å². The molecule has 3 aromatic carbocycles. The maximum absolute atomic E-state index is 13.4. The van der Waals surface area contributed by atoms with Gasteiger partial charge in [0.1, 0.15) is 29.1 Å². The minimum Gasteiger partial charge on any atom is -0.508 e. The average Bonchev–Trinajstić information content (AvgIpc) is 2.99. The monoisotopic (exact) mass is 573 g/mol. The van der Waals surface area contributed by atoms with E-state index in [0.29, 0.717) is 48.6 Å². The van der Waals surface area contributed by atoms with Gasteiger partial charge in [-0.3, -0.25) is 14.4 Å². The normalized spacial score (nSPS) is 19.0. The number of nitrogens with zero attached hydrogens (tertiary/aromatic N) is 1. The van der Waals surface area contributed by atoms with Gasteiger partial charge in [-0.05, 0) is 60.9 Å². The van der Waals surface area contributed by atoms with Crippen LogP contribution in [-0.4, -0.2) is 66.7 Å². The van der Waals surface area contributed by atoms with Gasteiger partial charge in [0.2, 0.25) is 5.91 Å². The largest absolute Gasteiger partial charge is 0.508 e. The number of aryl methyl sites for hydroxylation is 2. The summed E-state index contributed by atoms with van der Waals surface area (Å²) >= 11 is 0. The standard InChI is InChI=1S/C32H35N3O7/c1-20-3-7-22-15-28(20)41-19-30(37)33-17-23-8-11-25(16-29(23)40-2)42-27-13-14-35(18-26(27)34-32(22)39)31(38)12-6-21-4-9-24(36)10-5-21/h3-5,7-11,15-16,26-27,36H,6,12-14,17-19H2,1-2H3,(H,33,37)(H,34,39)/t26-,27+/m0/s1. The van der Waals surface area contributed by atoms with Crippen LogP contribution >= 0.6 is 0 Å². The Morgan fingerprint density at radius 3 is 2.69 bits per heavy atom. The second kappa shape index (κ2) is 12.8. The van der Waals surface area contributed by atoms with E-state index >= 15 is 0 Å². The Balaban J connectivity index is 1.39. The molecule has 2 atom stereocenters. The molecule has 0 saturated carbocycles. The van der Waals surface area contributed by atoms with Crippen LogP contribution in [0.5, 0.6) is 23.0 Å². The van der Waals surface area contributed by atoms with E-state index in [-0.39, 0.29) is 43.2 Å². The lowest BCUT2D eigenvalue weighted by atomic mass is 9.99. The fourth-order valence-corrected chi connectivity index (χ4v) is 5.16.